The Morgan fingerprint density at radius 1 is 1.11 bits per heavy atom. The van der Waals surface area contributed by atoms with E-state index in [1.54, 1.807) is 36.1 Å². The lowest BCUT2D eigenvalue weighted by atomic mass is 10.2. The van der Waals surface area contributed by atoms with Crippen molar-refractivity contribution in [1.29, 1.82) is 0 Å². The Bertz CT molecular complexity index is 920. The van der Waals surface area contributed by atoms with E-state index < -0.39 is 0 Å². The molecule has 0 saturated heterocycles. The number of ether oxygens (including phenoxy) is 1. The molecule has 3 aromatic rings. The SMILES string of the molecule is COc1ccc(C(=O)NCCNc2cc(-n3nc(C)cc3C)ncn2)cc1. The third-order valence-electron chi connectivity index (χ3n) is 3.95. The van der Waals surface area contributed by atoms with Gasteiger partial charge in [-0.1, -0.05) is 0 Å². The zero-order valence-corrected chi connectivity index (χ0v) is 15.6. The van der Waals surface area contributed by atoms with Gasteiger partial charge in [0.1, 0.15) is 17.9 Å². The van der Waals surface area contributed by atoms with E-state index in [0.29, 0.717) is 30.3 Å². The minimum atomic E-state index is -0.134. The minimum Gasteiger partial charge on any atom is -0.497 e. The number of aromatic nitrogens is 4. The maximum absolute atomic E-state index is 12.1. The fourth-order valence-corrected chi connectivity index (χ4v) is 2.63. The Kier molecular flexibility index (Phi) is 5.65. The van der Waals surface area contributed by atoms with Crippen LogP contribution in [-0.4, -0.2) is 45.9 Å². The smallest absolute Gasteiger partial charge is 0.251 e. The highest BCUT2D eigenvalue weighted by Gasteiger charge is 2.07. The molecule has 0 aliphatic heterocycles. The van der Waals surface area contributed by atoms with Crippen LogP contribution in [0.2, 0.25) is 0 Å². The number of aryl methyl sites for hydroxylation is 2. The standard InChI is InChI=1S/C19H22N6O2/c1-13-10-14(2)25(24-13)18-11-17(22-12-23-18)20-8-9-21-19(26)15-4-6-16(27-3)7-5-15/h4-7,10-12H,8-9H2,1-3H3,(H,21,26)(H,20,22,23). The number of hydrogen-bond donors (Lipinski definition) is 2. The molecule has 2 heterocycles. The van der Waals surface area contributed by atoms with E-state index in [1.165, 1.54) is 6.33 Å². The van der Waals surface area contributed by atoms with Gasteiger partial charge in [-0.3, -0.25) is 4.79 Å². The molecule has 0 aliphatic carbocycles. The average molecular weight is 366 g/mol. The van der Waals surface area contributed by atoms with E-state index in [1.807, 2.05) is 26.0 Å². The van der Waals surface area contributed by atoms with Crippen LogP contribution in [0.5, 0.6) is 5.75 Å². The van der Waals surface area contributed by atoms with Crippen LogP contribution in [0.4, 0.5) is 5.82 Å². The summed E-state index contributed by atoms with van der Waals surface area (Å²) in [7, 11) is 1.59. The molecule has 0 aliphatic rings. The van der Waals surface area contributed by atoms with Gasteiger partial charge in [0, 0.05) is 30.4 Å². The summed E-state index contributed by atoms with van der Waals surface area (Å²) in [6, 6.07) is 10.8. The molecule has 1 aromatic carbocycles. The molecular weight excluding hydrogens is 344 g/mol. The summed E-state index contributed by atoms with van der Waals surface area (Å²) in [6.45, 7) is 4.92. The minimum absolute atomic E-state index is 0.134. The van der Waals surface area contributed by atoms with Crippen molar-refractivity contribution >= 4 is 11.7 Å². The Morgan fingerprint density at radius 3 is 2.56 bits per heavy atom. The Hall–Kier alpha value is -3.42. The second-order valence-corrected chi connectivity index (χ2v) is 6.01. The fourth-order valence-electron chi connectivity index (χ4n) is 2.63. The summed E-state index contributed by atoms with van der Waals surface area (Å²) in [6.07, 6.45) is 1.49. The third-order valence-corrected chi connectivity index (χ3v) is 3.95. The second-order valence-electron chi connectivity index (χ2n) is 6.01. The third kappa shape index (κ3) is 4.60. The molecule has 140 valence electrons. The number of amides is 1. The molecule has 0 unspecified atom stereocenters. The topological polar surface area (TPSA) is 94.0 Å². The first-order valence-corrected chi connectivity index (χ1v) is 8.58. The summed E-state index contributed by atoms with van der Waals surface area (Å²) in [5, 5.41) is 10.5. The van der Waals surface area contributed by atoms with Crippen molar-refractivity contribution in [2.75, 3.05) is 25.5 Å². The first kappa shape index (κ1) is 18.4. The van der Waals surface area contributed by atoms with Gasteiger partial charge in [-0.2, -0.15) is 5.10 Å². The van der Waals surface area contributed by atoms with Crippen molar-refractivity contribution < 1.29 is 9.53 Å². The van der Waals surface area contributed by atoms with Gasteiger partial charge in [-0.15, -0.1) is 0 Å². The number of rotatable bonds is 7. The number of carbonyl (C=O) groups is 1. The van der Waals surface area contributed by atoms with Gasteiger partial charge >= 0.3 is 0 Å². The van der Waals surface area contributed by atoms with Crippen LogP contribution < -0.4 is 15.4 Å². The van der Waals surface area contributed by atoms with E-state index >= 15 is 0 Å². The van der Waals surface area contributed by atoms with E-state index in [-0.39, 0.29) is 5.91 Å². The Labute approximate surface area is 157 Å². The Morgan fingerprint density at radius 2 is 1.89 bits per heavy atom. The maximum Gasteiger partial charge on any atom is 0.251 e. The van der Waals surface area contributed by atoms with Crippen molar-refractivity contribution in [3.05, 3.63) is 59.7 Å². The fraction of sp³-hybridized carbons (Fsp3) is 0.263. The first-order valence-electron chi connectivity index (χ1n) is 8.58. The molecule has 0 spiro atoms. The van der Waals surface area contributed by atoms with Crippen LogP contribution in [0.1, 0.15) is 21.7 Å². The molecule has 8 heteroatoms. The molecule has 0 fully saturated rings. The van der Waals surface area contributed by atoms with Gasteiger partial charge in [0.2, 0.25) is 0 Å². The normalized spacial score (nSPS) is 10.5. The van der Waals surface area contributed by atoms with Crippen LogP contribution in [-0.2, 0) is 0 Å². The quantitative estimate of drug-likeness (QED) is 0.622. The van der Waals surface area contributed by atoms with Gasteiger partial charge in [-0.05, 0) is 44.2 Å². The van der Waals surface area contributed by atoms with Crippen LogP contribution in [0.15, 0.2) is 42.7 Å². The van der Waals surface area contributed by atoms with Crippen molar-refractivity contribution in [2.45, 2.75) is 13.8 Å². The lowest BCUT2D eigenvalue weighted by Gasteiger charge is -2.09. The number of carbonyl (C=O) groups excluding carboxylic acids is 1. The molecular formula is C19H22N6O2. The maximum atomic E-state index is 12.1. The zero-order valence-electron chi connectivity index (χ0n) is 15.6. The van der Waals surface area contributed by atoms with Crippen molar-refractivity contribution in [1.82, 2.24) is 25.1 Å². The van der Waals surface area contributed by atoms with Crippen LogP contribution in [0.25, 0.3) is 5.82 Å². The number of nitrogens with one attached hydrogen (secondary N) is 2. The molecule has 1 amide bonds. The van der Waals surface area contributed by atoms with Gasteiger partial charge in [-0.25, -0.2) is 14.6 Å². The molecule has 2 N–H and O–H groups in total. The highest BCUT2D eigenvalue weighted by molar-refractivity contribution is 5.94. The first-order chi connectivity index (χ1) is 13.1. The predicted molar refractivity (Wildman–Crippen MR) is 102 cm³/mol. The van der Waals surface area contributed by atoms with E-state index in [0.717, 1.165) is 17.1 Å². The monoisotopic (exact) mass is 366 g/mol. The van der Waals surface area contributed by atoms with Crippen molar-refractivity contribution in [3.63, 3.8) is 0 Å². The summed E-state index contributed by atoms with van der Waals surface area (Å²) in [5.41, 5.74) is 2.52. The number of nitrogens with zero attached hydrogens (tertiary/aromatic N) is 4. The summed E-state index contributed by atoms with van der Waals surface area (Å²) in [4.78, 5) is 20.6. The summed E-state index contributed by atoms with van der Waals surface area (Å²) < 4.78 is 6.86. The molecule has 0 bridgehead atoms. The van der Waals surface area contributed by atoms with Crippen LogP contribution in [0, 0.1) is 13.8 Å². The number of anilines is 1. The highest BCUT2D eigenvalue weighted by Crippen LogP contribution is 2.12. The average Bonchev–Trinajstić information content (AvgIpc) is 3.03. The molecule has 0 radical (unpaired) electrons. The zero-order chi connectivity index (χ0) is 19.2. The predicted octanol–water partition coefficient (Wildman–Crippen LogP) is 2.13. The molecule has 3 rings (SSSR count). The van der Waals surface area contributed by atoms with Crippen molar-refractivity contribution in [2.24, 2.45) is 0 Å². The lowest BCUT2D eigenvalue weighted by Crippen LogP contribution is -2.28. The van der Waals surface area contributed by atoms with E-state index in [4.69, 9.17) is 4.74 Å². The molecule has 0 saturated carbocycles. The summed E-state index contributed by atoms with van der Waals surface area (Å²) >= 11 is 0. The van der Waals surface area contributed by atoms with E-state index in [2.05, 4.69) is 25.7 Å². The Balaban J connectivity index is 1.52. The number of methoxy groups -OCH3 is 1. The molecule has 27 heavy (non-hydrogen) atoms. The van der Waals surface area contributed by atoms with E-state index in [9.17, 15) is 4.79 Å². The van der Waals surface area contributed by atoms with Gasteiger partial charge in [0.05, 0.1) is 12.8 Å². The molecule has 0 atom stereocenters. The number of benzene rings is 1. The molecule has 2 aromatic heterocycles. The summed E-state index contributed by atoms with van der Waals surface area (Å²) in [5.74, 6) is 1.95. The highest BCUT2D eigenvalue weighted by atomic mass is 16.5. The van der Waals surface area contributed by atoms with Gasteiger partial charge in [0.15, 0.2) is 5.82 Å². The van der Waals surface area contributed by atoms with Crippen molar-refractivity contribution in [3.8, 4) is 11.6 Å². The number of hydrogen-bond acceptors (Lipinski definition) is 6. The largest absolute Gasteiger partial charge is 0.497 e. The van der Waals surface area contributed by atoms with Gasteiger partial charge < -0.3 is 15.4 Å². The molecule has 8 nitrogen and oxygen atoms in total. The van der Waals surface area contributed by atoms with Gasteiger partial charge in [0.25, 0.3) is 5.91 Å². The van der Waals surface area contributed by atoms with Crippen LogP contribution >= 0.6 is 0 Å². The van der Waals surface area contributed by atoms with Crippen LogP contribution in [0.3, 0.4) is 0 Å². The second kappa shape index (κ2) is 8.31. The lowest BCUT2D eigenvalue weighted by molar-refractivity contribution is 0.0955.